The Labute approximate surface area is 132 Å². The van der Waals surface area contributed by atoms with Gasteiger partial charge in [0.15, 0.2) is 0 Å². The van der Waals surface area contributed by atoms with Gasteiger partial charge < -0.3 is 10.1 Å². The van der Waals surface area contributed by atoms with Crippen molar-refractivity contribution in [1.29, 1.82) is 0 Å². The largest absolute Gasteiger partial charge is 0.494 e. The van der Waals surface area contributed by atoms with E-state index in [2.05, 4.69) is 28.2 Å². The third-order valence-electron chi connectivity index (χ3n) is 3.29. The van der Waals surface area contributed by atoms with Crippen LogP contribution in [-0.4, -0.2) is 19.7 Å². The predicted molar refractivity (Wildman–Crippen MR) is 90.5 cm³/mol. The summed E-state index contributed by atoms with van der Waals surface area (Å²) in [6.45, 7) is 5.24. The van der Waals surface area contributed by atoms with Crippen molar-refractivity contribution in [3.8, 4) is 5.75 Å². The molecule has 114 valence electrons. The lowest BCUT2D eigenvalue weighted by Gasteiger charge is -2.07. The molecule has 0 atom stereocenters. The Bertz CT molecular complexity index is 326. The van der Waals surface area contributed by atoms with E-state index in [1.165, 1.54) is 38.5 Å². The Morgan fingerprint density at radius 1 is 0.900 bits per heavy atom. The molecule has 0 unspecified atom stereocenters. The first-order valence-electron chi connectivity index (χ1n) is 7.92. The van der Waals surface area contributed by atoms with Crippen LogP contribution >= 0.6 is 15.9 Å². The van der Waals surface area contributed by atoms with E-state index in [-0.39, 0.29) is 0 Å². The number of hydrogen-bond acceptors (Lipinski definition) is 2. The zero-order chi connectivity index (χ0) is 14.5. The molecule has 0 aromatic heterocycles. The SMILES string of the molecule is CCCCCCCCNCCCOc1ccc(Br)cc1. The zero-order valence-electron chi connectivity index (χ0n) is 12.7. The van der Waals surface area contributed by atoms with E-state index < -0.39 is 0 Å². The highest BCUT2D eigenvalue weighted by Gasteiger charge is 1.94. The molecule has 0 radical (unpaired) electrons. The van der Waals surface area contributed by atoms with Crippen LogP contribution in [-0.2, 0) is 0 Å². The smallest absolute Gasteiger partial charge is 0.119 e. The first kappa shape index (κ1) is 17.5. The second kappa shape index (κ2) is 12.2. The lowest BCUT2D eigenvalue weighted by molar-refractivity contribution is 0.308. The molecule has 1 N–H and O–H groups in total. The minimum absolute atomic E-state index is 0.783. The Morgan fingerprint density at radius 3 is 2.30 bits per heavy atom. The van der Waals surface area contributed by atoms with E-state index >= 15 is 0 Å². The van der Waals surface area contributed by atoms with Gasteiger partial charge in [0, 0.05) is 4.47 Å². The van der Waals surface area contributed by atoms with Crippen molar-refractivity contribution >= 4 is 15.9 Å². The van der Waals surface area contributed by atoms with Gasteiger partial charge in [0.05, 0.1) is 6.61 Å². The Morgan fingerprint density at radius 2 is 1.55 bits per heavy atom. The first-order chi connectivity index (χ1) is 9.83. The van der Waals surface area contributed by atoms with Gasteiger partial charge >= 0.3 is 0 Å². The number of halogens is 1. The summed E-state index contributed by atoms with van der Waals surface area (Å²) < 4.78 is 6.76. The van der Waals surface area contributed by atoms with E-state index in [1.807, 2.05) is 24.3 Å². The van der Waals surface area contributed by atoms with Crippen LogP contribution < -0.4 is 10.1 Å². The highest BCUT2D eigenvalue weighted by atomic mass is 79.9. The maximum Gasteiger partial charge on any atom is 0.119 e. The average molecular weight is 342 g/mol. The molecule has 0 fully saturated rings. The van der Waals surface area contributed by atoms with E-state index in [0.717, 1.165) is 36.3 Å². The summed E-state index contributed by atoms with van der Waals surface area (Å²) in [7, 11) is 0. The van der Waals surface area contributed by atoms with Crippen LogP contribution in [0.4, 0.5) is 0 Å². The molecule has 0 amide bonds. The highest BCUT2D eigenvalue weighted by Crippen LogP contribution is 2.16. The summed E-state index contributed by atoms with van der Waals surface area (Å²) >= 11 is 3.42. The summed E-state index contributed by atoms with van der Waals surface area (Å²) in [5, 5.41) is 3.48. The summed E-state index contributed by atoms with van der Waals surface area (Å²) in [5.41, 5.74) is 0. The van der Waals surface area contributed by atoms with Gasteiger partial charge in [0.1, 0.15) is 5.75 Å². The summed E-state index contributed by atoms with van der Waals surface area (Å²) in [6, 6.07) is 8.00. The quantitative estimate of drug-likeness (QED) is 0.529. The van der Waals surface area contributed by atoms with Crippen LogP contribution in [0.15, 0.2) is 28.7 Å². The van der Waals surface area contributed by atoms with E-state index in [9.17, 15) is 0 Å². The molecule has 2 nitrogen and oxygen atoms in total. The molecule has 1 rings (SSSR count). The Hall–Kier alpha value is -0.540. The summed E-state index contributed by atoms with van der Waals surface area (Å²) in [4.78, 5) is 0. The topological polar surface area (TPSA) is 21.3 Å². The minimum Gasteiger partial charge on any atom is -0.494 e. The Balaban J connectivity index is 1.84. The standard InChI is InChI=1S/C17H28BrNO/c1-2-3-4-5-6-7-13-19-14-8-15-20-17-11-9-16(18)10-12-17/h9-12,19H,2-8,13-15H2,1H3. The van der Waals surface area contributed by atoms with E-state index in [0.29, 0.717) is 0 Å². The number of hydrogen-bond donors (Lipinski definition) is 1. The average Bonchev–Trinajstić information content (AvgIpc) is 2.47. The van der Waals surface area contributed by atoms with Crippen LogP contribution in [0.25, 0.3) is 0 Å². The Kier molecular flexibility index (Phi) is 10.7. The van der Waals surface area contributed by atoms with Gasteiger partial charge in [0.2, 0.25) is 0 Å². The number of rotatable bonds is 12. The minimum atomic E-state index is 0.783. The van der Waals surface area contributed by atoms with Crippen molar-refractivity contribution in [2.24, 2.45) is 0 Å². The van der Waals surface area contributed by atoms with Gasteiger partial charge in [-0.25, -0.2) is 0 Å². The fourth-order valence-corrected chi connectivity index (χ4v) is 2.34. The number of unbranched alkanes of at least 4 members (excludes halogenated alkanes) is 5. The van der Waals surface area contributed by atoms with Gasteiger partial charge in [-0.05, 0) is 50.2 Å². The van der Waals surface area contributed by atoms with Gasteiger partial charge in [0.25, 0.3) is 0 Å². The fourth-order valence-electron chi connectivity index (χ4n) is 2.07. The molecule has 0 bridgehead atoms. The molecule has 0 spiro atoms. The molecule has 1 aromatic carbocycles. The number of benzene rings is 1. The lowest BCUT2D eigenvalue weighted by Crippen LogP contribution is -2.18. The highest BCUT2D eigenvalue weighted by molar-refractivity contribution is 9.10. The summed E-state index contributed by atoms with van der Waals surface area (Å²) in [6.07, 6.45) is 9.24. The molecular formula is C17H28BrNO. The molecule has 20 heavy (non-hydrogen) atoms. The second-order valence-electron chi connectivity index (χ2n) is 5.17. The second-order valence-corrected chi connectivity index (χ2v) is 6.09. The van der Waals surface area contributed by atoms with E-state index in [4.69, 9.17) is 4.74 Å². The van der Waals surface area contributed by atoms with Crippen LogP contribution in [0, 0.1) is 0 Å². The van der Waals surface area contributed by atoms with Crippen LogP contribution in [0.5, 0.6) is 5.75 Å². The number of nitrogens with one attached hydrogen (secondary N) is 1. The van der Waals surface area contributed by atoms with Crippen LogP contribution in [0.2, 0.25) is 0 Å². The monoisotopic (exact) mass is 341 g/mol. The molecule has 1 aromatic rings. The van der Waals surface area contributed by atoms with Gasteiger partial charge in [-0.2, -0.15) is 0 Å². The summed E-state index contributed by atoms with van der Waals surface area (Å²) in [5.74, 6) is 0.948. The van der Waals surface area contributed by atoms with E-state index in [1.54, 1.807) is 0 Å². The van der Waals surface area contributed by atoms with Crippen molar-refractivity contribution in [1.82, 2.24) is 5.32 Å². The van der Waals surface area contributed by atoms with Crippen molar-refractivity contribution < 1.29 is 4.74 Å². The predicted octanol–water partition coefficient (Wildman–Crippen LogP) is 5.17. The molecule has 0 aliphatic carbocycles. The van der Waals surface area contributed by atoms with Gasteiger partial charge in [-0.1, -0.05) is 55.0 Å². The van der Waals surface area contributed by atoms with Gasteiger partial charge in [-0.15, -0.1) is 0 Å². The zero-order valence-corrected chi connectivity index (χ0v) is 14.3. The normalized spacial score (nSPS) is 10.7. The van der Waals surface area contributed by atoms with Crippen molar-refractivity contribution in [3.05, 3.63) is 28.7 Å². The molecule has 0 saturated heterocycles. The third-order valence-corrected chi connectivity index (χ3v) is 3.82. The number of ether oxygens (including phenoxy) is 1. The maximum atomic E-state index is 5.67. The van der Waals surface area contributed by atoms with Crippen molar-refractivity contribution in [2.75, 3.05) is 19.7 Å². The lowest BCUT2D eigenvalue weighted by atomic mass is 10.1. The molecule has 0 aliphatic heterocycles. The van der Waals surface area contributed by atoms with Crippen LogP contribution in [0.1, 0.15) is 51.9 Å². The maximum absolute atomic E-state index is 5.67. The van der Waals surface area contributed by atoms with Crippen LogP contribution in [0.3, 0.4) is 0 Å². The molecule has 0 heterocycles. The third kappa shape index (κ3) is 9.38. The molecule has 0 saturated carbocycles. The van der Waals surface area contributed by atoms with Gasteiger partial charge in [-0.3, -0.25) is 0 Å². The molecule has 0 aliphatic rings. The fraction of sp³-hybridized carbons (Fsp3) is 0.647. The molecule has 3 heteroatoms. The van der Waals surface area contributed by atoms with Crippen molar-refractivity contribution in [2.45, 2.75) is 51.9 Å². The molecular weight excluding hydrogens is 314 g/mol. The van der Waals surface area contributed by atoms with Crippen molar-refractivity contribution in [3.63, 3.8) is 0 Å². The first-order valence-corrected chi connectivity index (χ1v) is 8.71.